The van der Waals surface area contributed by atoms with Gasteiger partial charge in [-0.1, -0.05) is 0 Å². The third-order valence-corrected chi connectivity index (χ3v) is 8.39. The van der Waals surface area contributed by atoms with Crippen LogP contribution >= 0.6 is 0 Å². The van der Waals surface area contributed by atoms with Gasteiger partial charge in [0.1, 0.15) is 5.76 Å². The van der Waals surface area contributed by atoms with E-state index >= 15 is 0 Å². The van der Waals surface area contributed by atoms with Crippen molar-refractivity contribution in [2.45, 2.75) is 53.2 Å². The molecule has 0 radical (unpaired) electrons. The van der Waals surface area contributed by atoms with E-state index in [1.54, 1.807) is 6.26 Å². The van der Waals surface area contributed by atoms with Crippen molar-refractivity contribution in [2.75, 3.05) is 25.1 Å². The molecule has 4 heterocycles. The average molecular weight is 473 g/mol. The summed E-state index contributed by atoms with van der Waals surface area (Å²) < 4.78 is 33.2. The lowest BCUT2D eigenvalue weighted by Crippen LogP contribution is -2.26. The van der Waals surface area contributed by atoms with E-state index in [9.17, 15) is 13.2 Å². The van der Waals surface area contributed by atoms with Gasteiger partial charge in [0.05, 0.1) is 42.6 Å². The quantitative estimate of drug-likeness (QED) is 0.468. The Morgan fingerprint density at radius 2 is 2.00 bits per heavy atom. The van der Waals surface area contributed by atoms with Crippen molar-refractivity contribution < 1.29 is 17.6 Å². The Hall–Kier alpha value is -2.65. The molecule has 0 aromatic carbocycles. The Morgan fingerprint density at radius 1 is 1.24 bits per heavy atom. The number of carbonyl (C=O) groups excluding carboxylic acids is 1. The minimum Gasteiger partial charge on any atom is -0.467 e. The third-order valence-electron chi connectivity index (χ3n) is 6.64. The highest BCUT2D eigenvalue weighted by Crippen LogP contribution is 2.27. The Morgan fingerprint density at radius 3 is 2.64 bits per heavy atom. The molecule has 8 nitrogen and oxygen atoms in total. The van der Waals surface area contributed by atoms with Crippen LogP contribution in [0.15, 0.2) is 28.9 Å². The molecule has 0 spiro atoms. The van der Waals surface area contributed by atoms with E-state index in [1.165, 1.54) is 0 Å². The first-order chi connectivity index (χ1) is 15.6. The minimum atomic E-state index is -2.98. The van der Waals surface area contributed by atoms with Crippen molar-refractivity contribution in [3.05, 3.63) is 64.1 Å². The van der Waals surface area contributed by atoms with Gasteiger partial charge in [-0.15, -0.1) is 0 Å². The van der Waals surface area contributed by atoms with Crippen LogP contribution in [0.25, 0.3) is 0 Å². The van der Waals surface area contributed by atoms with Gasteiger partial charge in [-0.05, 0) is 59.4 Å². The summed E-state index contributed by atoms with van der Waals surface area (Å²) in [4.78, 5) is 15.1. The molecule has 1 aliphatic heterocycles. The lowest BCUT2D eigenvalue weighted by atomic mass is 10.1. The molecule has 0 amide bonds. The molecular weight excluding hydrogens is 440 g/mol. The first kappa shape index (κ1) is 23.5. The fraction of sp³-hybridized carbons (Fsp3) is 0.500. The van der Waals surface area contributed by atoms with Crippen molar-refractivity contribution in [1.29, 1.82) is 0 Å². The van der Waals surface area contributed by atoms with E-state index in [1.807, 2.05) is 62.5 Å². The number of likely N-dealkylation sites (N-methyl/N-ethyl adjacent to an activating group) is 1. The van der Waals surface area contributed by atoms with Crippen LogP contribution < -0.4 is 0 Å². The highest BCUT2D eigenvalue weighted by atomic mass is 32.2. The van der Waals surface area contributed by atoms with Crippen LogP contribution in [0.1, 0.15) is 56.9 Å². The number of carbonyl (C=O) groups is 1. The van der Waals surface area contributed by atoms with E-state index in [0.717, 1.165) is 39.7 Å². The predicted octanol–water partition coefficient (Wildman–Crippen LogP) is 3.23. The monoisotopic (exact) mass is 472 g/mol. The van der Waals surface area contributed by atoms with Crippen LogP contribution in [0.4, 0.5) is 0 Å². The second kappa shape index (κ2) is 8.95. The zero-order valence-corrected chi connectivity index (χ0v) is 20.8. The Bertz CT molecular complexity index is 1270. The molecule has 9 heteroatoms. The summed E-state index contributed by atoms with van der Waals surface area (Å²) in [5.41, 5.74) is 5.60. The molecule has 3 aromatic rings. The molecule has 0 aliphatic carbocycles. The number of aryl methyl sites for hydroxylation is 2. The Labute approximate surface area is 195 Å². The van der Waals surface area contributed by atoms with E-state index in [-0.39, 0.29) is 29.9 Å². The average Bonchev–Trinajstić information content (AvgIpc) is 3.50. The molecule has 3 aromatic heterocycles. The molecule has 1 saturated heterocycles. The summed E-state index contributed by atoms with van der Waals surface area (Å²) in [5, 5.41) is 4.64. The number of nitrogens with zero attached hydrogens (tertiary/aromatic N) is 4. The van der Waals surface area contributed by atoms with Gasteiger partial charge in [-0.3, -0.25) is 14.4 Å². The molecule has 33 heavy (non-hydrogen) atoms. The number of ketones is 1. The smallest absolute Gasteiger partial charge is 0.178 e. The number of furan rings is 1. The van der Waals surface area contributed by atoms with Crippen molar-refractivity contribution in [3.63, 3.8) is 0 Å². The second-order valence-electron chi connectivity index (χ2n) is 9.20. The van der Waals surface area contributed by atoms with Crippen LogP contribution in [-0.4, -0.2) is 58.5 Å². The number of Topliss-reactive ketones (excluding diaryl/α,β-unsaturated/α-hetero) is 1. The van der Waals surface area contributed by atoms with Gasteiger partial charge >= 0.3 is 0 Å². The highest BCUT2D eigenvalue weighted by molar-refractivity contribution is 7.91. The highest BCUT2D eigenvalue weighted by Gasteiger charge is 2.31. The van der Waals surface area contributed by atoms with Gasteiger partial charge in [0, 0.05) is 34.8 Å². The third kappa shape index (κ3) is 4.84. The Kier molecular flexibility index (Phi) is 6.37. The largest absolute Gasteiger partial charge is 0.467 e. The van der Waals surface area contributed by atoms with Crippen molar-refractivity contribution in [3.8, 4) is 0 Å². The summed E-state index contributed by atoms with van der Waals surface area (Å²) in [6.07, 6.45) is 2.26. The van der Waals surface area contributed by atoms with Crippen LogP contribution in [0.5, 0.6) is 0 Å². The first-order valence-electron chi connectivity index (χ1n) is 11.2. The number of aromatic nitrogens is 3. The predicted molar refractivity (Wildman–Crippen MR) is 126 cm³/mol. The normalized spacial score (nSPS) is 17.8. The van der Waals surface area contributed by atoms with Crippen molar-refractivity contribution in [2.24, 2.45) is 0 Å². The second-order valence-corrected chi connectivity index (χ2v) is 11.4. The molecule has 1 atom stereocenters. The summed E-state index contributed by atoms with van der Waals surface area (Å²) >= 11 is 0. The zero-order chi connectivity index (χ0) is 23.9. The van der Waals surface area contributed by atoms with E-state index < -0.39 is 9.84 Å². The van der Waals surface area contributed by atoms with Crippen LogP contribution in [0.3, 0.4) is 0 Å². The minimum absolute atomic E-state index is 0.0703. The fourth-order valence-electron chi connectivity index (χ4n) is 4.79. The van der Waals surface area contributed by atoms with Crippen LogP contribution in [0.2, 0.25) is 0 Å². The van der Waals surface area contributed by atoms with Crippen LogP contribution in [0, 0.1) is 27.7 Å². The first-order valence-corrected chi connectivity index (χ1v) is 13.0. The SMILES string of the molecule is Cc1nn([C@@H]2CCS(=O)(=O)C2)c(C)c1CN(C)CC(=O)c1cc(C)n(Cc2ccco2)c1C. The Balaban J connectivity index is 1.45. The van der Waals surface area contributed by atoms with E-state index in [4.69, 9.17) is 4.42 Å². The van der Waals surface area contributed by atoms with Gasteiger partial charge < -0.3 is 8.98 Å². The molecule has 0 unspecified atom stereocenters. The molecule has 0 N–H and O–H groups in total. The molecule has 178 valence electrons. The lowest BCUT2D eigenvalue weighted by Gasteiger charge is -2.17. The lowest BCUT2D eigenvalue weighted by molar-refractivity contribution is 0.0942. The molecule has 1 aliphatic rings. The zero-order valence-electron chi connectivity index (χ0n) is 20.0. The standard InChI is InChI=1S/C24H32N4O4S/c1-16-11-22(18(3)27(16)12-21-7-6-9-32-21)24(29)14-26(5)13-23-17(2)25-28(19(23)4)20-8-10-33(30,31)15-20/h6-7,9,11,20H,8,10,12-15H2,1-5H3/t20-/m1/s1. The maximum Gasteiger partial charge on any atom is 0.178 e. The van der Waals surface area contributed by atoms with Crippen LogP contribution in [-0.2, 0) is 22.9 Å². The van der Waals surface area contributed by atoms with E-state index in [2.05, 4.69) is 9.67 Å². The molecule has 1 fully saturated rings. The summed E-state index contributed by atoms with van der Waals surface area (Å²) in [6.45, 7) is 9.36. The van der Waals surface area contributed by atoms with Gasteiger partial charge in [-0.25, -0.2) is 8.42 Å². The fourth-order valence-corrected chi connectivity index (χ4v) is 6.48. The van der Waals surface area contributed by atoms with E-state index in [0.29, 0.717) is 19.5 Å². The van der Waals surface area contributed by atoms with Gasteiger partial charge in [-0.2, -0.15) is 5.10 Å². The van der Waals surface area contributed by atoms with Crippen molar-refractivity contribution >= 4 is 15.6 Å². The number of hydrogen-bond acceptors (Lipinski definition) is 6. The molecule has 0 bridgehead atoms. The van der Waals surface area contributed by atoms with Gasteiger partial charge in [0.25, 0.3) is 0 Å². The summed E-state index contributed by atoms with van der Waals surface area (Å²) in [7, 11) is -1.05. The topological polar surface area (TPSA) is 90.3 Å². The summed E-state index contributed by atoms with van der Waals surface area (Å²) in [5.74, 6) is 1.29. The summed E-state index contributed by atoms with van der Waals surface area (Å²) in [6, 6.07) is 5.64. The number of rotatable bonds is 8. The van der Waals surface area contributed by atoms with Gasteiger partial charge in [0.2, 0.25) is 0 Å². The van der Waals surface area contributed by atoms with Gasteiger partial charge in [0.15, 0.2) is 15.6 Å². The maximum atomic E-state index is 13.1. The molecule has 4 rings (SSSR count). The molecule has 0 saturated carbocycles. The van der Waals surface area contributed by atoms with Crippen molar-refractivity contribution in [1.82, 2.24) is 19.2 Å². The number of sulfone groups is 1. The maximum absolute atomic E-state index is 13.1. The number of hydrogen-bond donors (Lipinski definition) is 0. The molecular formula is C24H32N4O4S.